The van der Waals surface area contributed by atoms with E-state index in [1.807, 2.05) is 22.1 Å². The van der Waals surface area contributed by atoms with E-state index in [2.05, 4.69) is 16.4 Å². The number of piperidine rings is 2. The Morgan fingerprint density at radius 2 is 2.17 bits per heavy atom. The quantitative estimate of drug-likeness (QED) is 0.805. The predicted molar refractivity (Wildman–Crippen MR) is 109 cm³/mol. The van der Waals surface area contributed by atoms with Gasteiger partial charge in [0.2, 0.25) is 11.8 Å². The van der Waals surface area contributed by atoms with Gasteiger partial charge in [0, 0.05) is 64.0 Å². The molecule has 3 aliphatic rings. The van der Waals surface area contributed by atoms with Crippen molar-refractivity contribution in [3.8, 4) is 0 Å². The Morgan fingerprint density at radius 1 is 1.31 bits per heavy atom. The Kier molecular flexibility index (Phi) is 6.45. The Balaban J connectivity index is 1.27. The summed E-state index contributed by atoms with van der Waals surface area (Å²) >= 11 is 0. The first-order valence-corrected chi connectivity index (χ1v) is 10.9. The van der Waals surface area contributed by atoms with Gasteiger partial charge in [0.15, 0.2) is 0 Å². The van der Waals surface area contributed by atoms with E-state index in [-0.39, 0.29) is 23.3 Å². The number of aromatic nitrogens is 1. The van der Waals surface area contributed by atoms with Gasteiger partial charge in [0.05, 0.1) is 13.2 Å². The molecule has 0 radical (unpaired) electrons. The van der Waals surface area contributed by atoms with Crippen LogP contribution in [-0.2, 0) is 20.7 Å². The molecule has 1 aromatic heterocycles. The second-order valence-corrected chi connectivity index (χ2v) is 8.74. The molecule has 29 heavy (non-hydrogen) atoms. The van der Waals surface area contributed by atoms with Gasteiger partial charge < -0.3 is 19.9 Å². The second kappa shape index (κ2) is 9.22. The molecule has 1 spiro atoms. The van der Waals surface area contributed by atoms with Crippen LogP contribution in [0.3, 0.4) is 0 Å². The summed E-state index contributed by atoms with van der Waals surface area (Å²) in [6.45, 7) is 5.36. The highest BCUT2D eigenvalue weighted by Crippen LogP contribution is 2.40. The van der Waals surface area contributed by atoms with Crippen molar-refractivity contribution in [3.05, 3.63) is 30.1 Å². The SMILES string of the molecule is O=C(C[C@H]1COCCN1)N1CCC2(CCC(=O)N(CCc3cccnc3)C2)CC1. The maximum absolute atomic E-state index is 12.7. The summed E-state index contributed by atoms with van der Waals surface area (Å²) in [5, 5.41) is 3.36. The van der Waals surface area contributed by atoms with E-state index in [4.69, 9.17) is 4.74 Å². The van der Waals surface area contributed by atoms with Crippen LogP contribution in [0, 0.1) is 5.41 Å². The van der Waals surface area contributed by atoms with E-state index >= 15 is 0 Å². The lowest BCUT2D eigenvalue weighted by Gasteiger charge is -2.47. The zero-order valence-electron chi connectivity index (χ0n) is 17.1. The summed E-state index contributed by atoms with van der Waals surface area (Å²) in [5.74, 6) is 0.490. The van der Waals surface area contributed by atoms with Crippen molar-refractivity contribution in [1.29, 1.82) is 0 Å². The van der Waals surface area contributed by atoms with Crippen molar-refractivity contribution >= 4 is 11.8 Å². The zero-order valence-corrected chi connectivity index (χ0v) is 17.1. The molecule has 4 rings (SSSR count). The highest BCUT2D eigenvalue weighted by atomic mass is 16.5. The third-order valence-corrected chi connectivity index (χ3v) is 6.74. The summed E-state index contributed by atoms with van der Waals surface area (Å²) in [6, 6.07) is 4.15. The van der Waals surface area contributed by atoms with Crippen molar-refractivity contribution in [2.24, 2.45) is 5.41 Å². The normalized spacial score (nSPS) is 24.7. The molecular weight excluding hydrogens is 368 g/mol. The number of pyridine rings is 1. The maximum Gasteiger partial charge on any atom is 0.224 e. The molecule has 0 saturated carbocycles. The molecule has 0 bridgehead atoms. The number of hydrogen-bond donors (Lipinski definition) is 1. The predicted octanol–water partition coefficient (Wildman–Crippen LogP) is 1.23. The Morgan fingerprint density at radius 3 is 2.90 bits per heavy atom. The summed E-state index contributed by atoms with van der Waals surface area (Å²) in [5.41, 5.74) is 1.34. The van der Waals surface area contributed by atoms with Crippen molar-refractivity contribution in [1.82, 2.24) is 20.1 Å². The smallest absolute Gasteiger partial charge is 0.224 e. The number of amides is 2. The monoisotopic (exact) mass is 400 g/mol. The average Bonchev–Trinajstić information content (AvgIpc) is 2.76. The van der Waals surface area contributed by atoms with Crippen molar-refractivity contribution < 1.29 is 14.3 Å². The molecule has 7 heteroatoms. The van der Waals surface area contributed by atoms with Crippen LogP contribution < -0.4 is 5.32 Å². The van der Waals surface area contributed by atoms with E-state index in [1.165, 1.54) is 5.56 Å². The molecule has 3 aliphatic heterocycles. The van der Waals surface area contributed by atoms with E-state index in [1.54, 1.807) is 6.20 Å². The molecule has 158 valence electrons. The minimum atomic E-state index is 0.141. The number of rotatable bonds is 5. The summed E-state index contributed by atoms with van der Waals surface area (Å²) < 4.78 is 5.46. The van der Waals surface area contributed by atoms with Gasteiger partial charge >= 0.3 is 0 Å². The lowest BCUT2D eigenvalue weighted by Crippen LogP contribution is -2.53. The summed E-state index contributed by atoms with van der Waals surface area (Å²) in [6.07, 6.45) is 8.57. The van der Waals surface area contributed by atoms with E-state index in [9.17, 15) is 9.59 Å². The van der Waals surface area contributed by atoms with Gasteiger partial charge in [0.1, 0.15) is 0 Å². The number of likely N-dealkylation sites (tertiary alicyclic amines) is 2. The fourth-order valence-electron chi connectivity index (χ4n) is 4.85. The summed E-state index contributed by atoms with van der Waals surface area (Å²) in [4.78, 5) is 33.4. The summed E-state index contributed by atoms with van der Waals surface area (Å²) in [7, 11) is 0. The highest BCUT2D eigenvalue weighted by molar-refractivity contribution is 5.78. The van der Waals surface area contributed by atoms with Gasteiger partial charge in [0.25, 0.3) is 0 Å². The largest absolute Gasteiger partial charge is 0.378 e. The number of hydrogen-bond acceptors (Lipinski definition) is 5. The first kappa shape index (κ1) is 20.3. The average molecular weight is 401 g/mol. The molecule has 3 saturated heterocycles. The molecule has 1 aromatic rings. The standard InChI is InChI=1S/C22H32N4O3/c27-20-3-5-22(17-26(20)10-4-18-2-1-8-23-15-18)6-11-25(12-7-22)21(28)14-19-16-29-13-9-24-19/h1-2,8,15,19,24H,3-7,9-14,16-17H2/t19-/m0/s1. The van der Waals surface area contributed by atoms with Crippen molar-refractivity contribution in [2.75, 3.05) is 45.9 Å². The molecule has 7 nitrogen and oxygen atoms in total. The van der Waals surface area contributed by atoms with Gasteiger partial charge in [-0.05, 0) is 42.7 Å². The lowest BCUT2D eigenvalue weighted by atomic mass is 9.72. The van der Waals surface area contributed by atoms with Crippen molar-refractivity contribution in [2.45, 2.75) is 44.6 Å². The first-order valence-electron chi connectivity index (χ1n) is 10.9. The van der Waals surface area contributed by atoms with Gasteiger partial charge in [-0.3, -0.25) is 14.6 Å². The number of nitrogens with one attached hydrogen (secondary N) is 1. The molecule has 0 aliphatic carbocycles. The molecule has 2 amide bonds. The van der Waals surface area contributed by atoms with Crippen LogP contribution in [0.4, 0.5) is 0 Å². The van der Waals surface area contributed by atoms with Crippen LogP contribution >= 0.6 is 0 Å². The topological polar surface area (TPSA) is 74.8 Å². The number of carbonyl (C=O) groups is 2. The molecule has 4 heterocycles. The first-order chi connectivity index (χ1) is 14.1. The maximum atomic E-state index is 12.7. The van der Waals surface area contributed by atoms with Crippen molar-refractivity contribution in [3.63, 3.8) is 0 Å². The molecule has 3 fully saturated rings. The second-order valence-electron chi connectivity index (χ2n) is 8.74. The van der Waals surface area contributed by atoms with E-state index in [0.717, 1.165) is 65.0 Å². The lowest BCUT2D eigenvalue weighted by molar-refractivity contribution is -0.142. The van der Waals surface area contributed by atoms with E-state index in [0.29, 0.717) is 19.4 Å². The molecular formula is C22H32N4O3. The third-order valence-electron chi connectivity index (χ3n) is 6.74. The number of nitrogens with zero attached hydrogens (tertiary/aromatic N) is 3. The van der Waals surface area contributed by atoms with Crippen LogP contribution in [0.5, 0.6) is 0 Å². The Hall–Kier alpha value is -1.99. The fourth-order valence-corrected chi connectivity index (χ4v) is 4.85. The van der Waals surface area contributed by atoms with Gasteiger partial charge in [-0.15, -0.1) is 0 Å². The van der Waals surface area contributed by atoms with Crippen LogP contribution in [0.25, 0.3) is 0 Å². The van der Waals surface area contributed by atoms with Crippen LogP contribution in [0.15, 0.2) is 24.5 Å². The third kappa shape index (κ3) is 5.14. The Labute approximate surface area is 172 Å². The number of carbonyl (C=O) groups excluding carboxylic acids is 2. The van der Waals surface area contributed by atoms with Crippen LogP contribution in [0.1, 0.15) is 37.7 Å². The zero-order chi connectivity index (χ0) is 20.1. The number of ether oxygens (including phenoxy) is 1. The molecule has 1 atom stereocenters. The minimum absolute atomic E-state index is 0.141. The highest BCUT2D eigenvalue weighted by Gasteiger charge is 2.41. The van der Waals surface area contributed by atoms with Gasteiger partial charge in [-0.25, -0.2) is 0 Å². The molecule has 1 N–H and O–H groups in total. The van der Waals surface area contributed by atoms with Crippen LogP contribution in [0.2, 0.25) is 0 Å². The minimum Gasteiger partial charge on any atom is -0.378 e. The van der Waals surface area contributed by atoms with Crippen LogP contribution in [-0.4, -0.2) is 78.6 Å². The fraction of sp³-hybridized carbons (Fsp3) is 0.682. The molecule has 0 unspecified atom stereocenters. The Bertz CT molecular complexity index is 697. The molecule has 0 aromatic carbocycles. The number of morpholine rings is 1. The van der Waals surface area contributed by atoms with Gasteiger partial charge in [-0.1, -0.05) is 6.07 Å². The van der Waals surface area contributed by atoms with E-state index < -0.39 is 0 Å². The van der Waals surface area contributed by atoms with Gasteiger partial charge in [-0.2, -0.15) is 0 Å².